The summed E-state index contributed by atoms with van der Waals surface area (Å²) in [7, 11) is -8.15. The second kappa shape index (κ2) is 7.78. The Morgan fingerprint density at radius 3 is 1.19 bits per heavy atom. The smallest absolute Gasteiger partial charge is 0.265 e. The van der Waals surface area contributed by atoms with Gasteiger partial charge in [-0.05, 0) is 48.3 Å². The van der Waals surface area contributed by atoms with Gasteiger partial charge in [0.2, 0.25) is 0 Å². The van der Waals surface area contributed by atoms with Crippen LogP contribution in [0.2, 0.25) is 0 Å². The van der Waals surface area contributed by atoms with Crippen LogP contribution in [0.1, 0.15) is 66.2 Å². The minimum atomic E-state index is -4.08. The molecule has 180 valence electrons. The van der Waals surface area contributed by atoms with Crippen LogP contribution in [0.3, 0.4) is 0 Å². The summed E-state index contributed by atoms with van der Waals surface area (Å²) in [5, 5.41) is 0. The van der Waals surface area contributed by atoms with Gasteiger partial charge in [0.05, 0.1) is 22.3 Å². The first kappa shape index (κ1) is 26.8. The summed E-state index contributed by atoms with van der Waals surface area (Å²) in [6, 6.07) is 0. The lowest BCUT2D eigenvalue weighted by molar-refractivity contribution is -0.128. The molecule has 31 heavy (non-hydrogen) atoms. The van der Waals surface area contributed by atoms with E-state index in [9.17, 15) is 26.4 Å². The van der Waals surface area contributed by atoms with E-state index in [-0.39, 0.29) is 47.7 Å². The van der Waals surface area contributed by atoms with Crippen molar-refractivity contribution in [1.29, 1.82) is 0 Å². The first-order valence-electron chi connectivity index (χ1n) is 10.3. The monoisotopic (exact) mass is 498 g/mol. The van der Waals surface area contributed by atoms with Gasteiger partial charge >= 0.3 is 0 Å². The lowest BCUT2D eigenvalue weighted by Crippen LogP contribution is -2.42. The van der Waals surface area contributed by atoms with Gasteiger partial charge in [0.1, 0.15) is 11.6 Å². The molecular formula is C20H34O8S3. The van der Waals surface area contributed by atoms with Gasteiger partial charge in [-0.2, -0.15) is 30.3 Å². The summed E-state index contributed by atoms with van der Waals surface area (Å²) in [5.41, 5.74) is -2.24. The van der Waals surface area contributed by atoms with E-state index in [4.69, 9.17) is 9.11 Å². The summed E-state index contributed by atoms with van der Waals surface area (Å²) < 4.78 is 62.0. The average molecular weight is 499 g/mol. The molecule has 4 fully saturated rings. The Balaban J connectivity index is 0.000000213. The van der Waals surface area contributed by atoms with Crippen molar-refractivity contribution >= 4 is 45.3 Å². The molecule has 4 aliphatic rings. The molecule has 11 heteroatoms. The number of fused-ring (bicyclic) bond motifs is 4. The van der Waals surface area contributed by atoms with Crippen molar-refractivity contribution in [3.8, 4) is 0 Å². The van der Waals surface area contributed by atoms with Crippen molar-refractivity contribution in [2.24, 2.45) is 33.5 Å². The van der Waals surface area contributed by atoms with Crippen LogP contribution in [0.4, 0.5) is 0 Å². The molecule has 4 atom stereocenters. The molecule has 0 aromatic heterocycles. The fraction of sp³-hybridized carbons (Fsp3) is 0.900. The number of ketones is 2. The molecule has 4 aliphatic carbocycles. The van der Waals surface area contributed by atoms with Gasteiger partial charge in [0.15, 0.2) is 0 Å². The van der Waals surface area contributed by atoms with E-state index in [0.717, 1.165) is 12.8 Å². The van der Waals surface area contributed by atoms with Crippen molar-refractivity contribution in [2.45, 2.75) is 66.2 Å². The molecule has 0 aromatic carbocycles. The SMILES string of the molecule is CC1(C)C2CCC1(CS(=O)(=O)O)C(=O)C2.CC1(C)C2CCC1(CS(=O)(=O)O)C(=O)C2.S. The summed E-state index contributed by atoms with van der Waals surface area (Å²) >= 11 is 0. The molecular weight excluding hydrogens is 464 g/mol. The second-order valence-electron chi connectivity index (χ2n) is 10.8. The molecule has 4 rings (SSSR count). The zero-order valence-electron chi connectivity index (χ0n) is 18.5. The van der Waals surface area contributed by atoms with E-state index in [1.807, 2.05) is 27.7 Å². The highest BCUT2D eigenvalue weighted by atomic mass is 32.2. The van der Waals surface area contributed by atoms with Gasteiger partial charge in [-0.3, -0.25) is 18.7 Å². The minimum absolute atomic E-state index is 0. The average Bonchev–Trinajstić information content (AvgIpc) is 3.05. The van der Waals surface area contributed by atoms with Gasteiger partial charge in [-0.1, -0.05) is 27.7 Å². The van der Waals surface area contributed by atoms with Crippen molar-refractivity contribution in [3.63, 3.8) is 0 Å². The predicted octanol–water partition coefficient (Wildman–Crippen LogP) is 2.65. The van der Waals surface area contributed by atoms with Gasteiger partial charge in [-0.15, -0.1) is 0 Å². The molecule has 0 spiro atoms. The van der Waals surface area contributed by atoms with E-state index in [1.54, 1.807) is 0 Å². The fourth-order valence-electron chi connectivity index (χ4n) is 6.84. The topological polar surface area (TPSA) is 143 Å². The second-order valence-corrected chi connectivity index (χ2v) is 13.7. The van der Waals surface area contributed by atoms with E-state index < -0.39 is 42.6 Å². The number of hydrogen-bond donors (Lipinski definition) is 2. The van der Waals surface area contributed by atoms with E-state index in [0.29, 0.717) is 25.7 Å². The Morgan fingerprint density at radius 1 is 0.742 bits per heavy atom. The normalized spacial score (nSPS) is 37.4. The molecule has 0 amide bonds. The predicted molar refractivity (Wildman–Crippen MR) is 120 cm³/mol. The third-order valence-corrected chi connectivity index (χ3v) is 10.9. The summed E-state index contributed by atoms with van der Waals surface area (Å²) in [6.45, 7) is 7.78. The Bertz CT molecular complexity index is 902. The van der Waals surface area contributed by atoms with Gasteiger partial charge in [0, 0.05) is 12.8 Å². The first-order valence-corrected chi connectivity index (χ1v) is 13.6. The number of rotatable bonds is 4. The number of carbonyl (C=O) groups excluding carboxylic acids is 2. The van der Waals surface area contributed by atoms with Crippen LogP contribution in [0.15, 0.2) is 0 Å². The molecule has 4 bridgehead atoms. The zero-order chi connectivity index (χ0) is 23.0. The van der Waals surface area contributed by atoms with Crippen molar-refractivity contribution < 1.29 is 35.5 Å². The highest BCUT2D eigenvalue weighted by Gasteiger charge is 2.66. The molecule has 4 unspecified atom stereocenters. The highest BCUT2D eigenvalue weighted by Crippen LogP contribution is 2.65. The Labute approximate surface area is 191 Å². The lowest BCUT2D eigenvalue weighted by atomic mass is 9.70. The standard InChI is InChI=1S/2C10H16O4S.H2S/c2*1-9(2)7-3-4-10(9,8(11)5-7)6-15(12,13)14;/h2*7H,3-6H2,1-2H3,(H,12,13,14);1H2. The maximum Gasteiger partial charge on any atom is 0.265 e. The summed E-state index contributed by atoms with van der Waals surface area (Å²) in [6.07, 6.45) is 3.94. The third kappa shape index (κ3) is 4.13. The Kier molecular flexibility index (Phi) is 6.72. The van der Waals surface area contributed by atoms with Gasteiger partial charge < -0.3 is 0 Å². The van der Waals surface area contributed by atoms with E-state index >= 15 is 0 Å². The molecule has 0 saturated heterocycles. The van der Waals surface area contributed by atoms with Crippen LogP contribution in [-0.2, 0) is 29.8 Å². The molecule has 0 aliphatic heterocycles. The van der Waals surface area contributed by atoms with Gasteiger partial charge in [-0.25, -0.2) is 0 Å². The largest absolute Gasteiger partial charge is 0.299 e. The van der Waals surface area contributed by atoms with Gasteiger partial charge in [0.25, 0.3) is 20.2 Å². The van der Waals surface area contributed by atoms with Crippen LogP contribution < -0.4 is 0 Å². The molecule has 0 radical (unpaired) electrons. The maximum absolute atomic E-state index is 11.9. The highest BCUT2D eigenvalue weighted by molar-refractivity contribution is 7.86. The van der Waals surface area contributed by atoms with Crippen molar-refractivity contribution in [3.05, 3.63) is 0 Å². The van der Waals surface area contributed by atoms with E-state index in [2.05, 4.69) is 0 Å². The van der Waals surface area contributed by atoms with Crippen LogP contribution in [0.5, 0.6) is 0 Å². The number of carbonyl (C=O) groups is 2. The molecule has 0 aromatic rings. The van der Waals surface area contributed by atoms with Crippen molar-refractivity contribution in [1.82, 2.24) is 0 Å². The zero-order valence-corrected chi connectivity index (χ0v) is 21.1. The molecule has 8 nitrogen and oxygen atoms in total. The van der Waals surface area contributed by atoms with Crippen LogP contribution in [-0.4, -0.2) is 49.0 Å². The maximum atomic E-state index is 11.9. The number of hydrogen-bond acceptors (Lipinski definition) is 6. The molecule has 2 N–H and O–H groups in total. The van der Waals surface area contributed by atoms with Crippen LogP contribution in [0.25, 0.3) is 0 Å². The quantitative estimate of drug-likeness (QED) is 0.563. The Morgan fingerprint density at radius 2 is 1.03 bits per heavy atom. The van der Waals surface area contributed by atoms with Crippen LogP contribution in [0, 0.1) is 33.5 Å². The van der Waals surface area contributed by atoms with E-state index in [1.165, 1.54) is 0 Å². The lowest BCUT2D eigenvalue weighted by Gasteiger charge is -2.35. The first-order chi connectivity index (χ1) is 13.4. The minimum Gasteiger partial charge on any atom is -0.299 e. The molecule has 0 heterocycles. The van der Waals surface area contributed by atoms with Crippen LogP contribution >= 0.6 is 13.5 Å². The number of Topliss-reactive ketones (excluding diaryl/α,β-unsaturated/α-hetero) is 2. The fourth-order valence-corrected chi connectivity index (χ4v) is 9.44. The summed E-state index contributed by atoms with van der Waals surface area (Å²) in [4.78, 5) is 23.8. The summed E-state index contributed by atoms with van der Waals surface area (Å²) in [5.74, 6) is -0.203. The molecule has 4 saturated carbocycles. The Hall–Kier alpha value is -0.490. The van der Waals surface area contributed by atoms with Crippen molar-refractivity contribution in [2.75, 3.05) is 11.5 Å². The third-order valence-electron chi connectivity index (χ3n) is 9.14.